The van der Waals surface area contributed by atoms with Crippen LogP contribution in [0.4, 0.5) is 0 Å². The zero-order valence-electron chi connectivity index (χ0n) is 13.5. The van der Waals surface area contributed by atoms with Gasteiger partial charge in [0.1, 0.15) is 6.04 Å². The molecule has 4 atom stereocenters. The Hall–Kier alpha value is -1.54. The van der Waals surface area contributed by atoms with Crippen LogP contribution in [0.15, 0.2) is 0 Å². The fourth-order valence-electron chi connectivity index (χ4n) is 3.92. The van der Waals surface area contributed by atoms with E-state index < -0.39 is 11.4 Å². The summed E-state index contributed by atoms with van der Waals surface area (Å²) in [6.07, 6.45) is 7.95. The number of nitrogens with one attached hydrogen (secondary N) is 2. The Balaban J connectivity index is 1.78. The first-order valence-corrected chi connectivity index (χ1v) is 8.08. The maximum atomic E-state index is 12.0. The van der Waals surface area contributed by atoms with E-state index in [0.717, 1.165) is 19.5 Å². The molecule has 0 spiro atoms. The molecule has 3 heterocycles. The summed E-state index contributed by atoms with van der Waals surface area (Å²) in [6, 6.07) is 0.441. The van der Waals surface area contributed by atoms with Crippen molar-refractivity contribution in [3.8, 4) is 12.3 Å². The van der Waals surface area contributed by atoms with E-state index in [1.54, 1.807) is 13.8 Å². The van der Waals surface area contributed by atoms with E-state index in [-0.39, 0.29) is 18.7 Å². The smallest absolute Gasteiger partial charge is 0.220 e. The fraction of sp³-hybridized carbons (Fsp3) is 0.765. The van der Waals surface area contributed by atoms with Gasteiger partial charge in [-0.1, -0.05) is 19.8 Å². The average Bonchev–Trinajstić information content (AvgIpc) is 2.43. The van der Waals surface area contributed by atoms with Crippen LogP contribution in [0.5, 0.6) is 0 Å². The van der Waals surface area contributed by atoms with Crippen LogP contribution in [-0.2, 0) is 9.59 Å². The van der Waals surface area contributed by atoms with Crippen LogP contribution in [-0.4, -0.2) is 37.6 Å². The van der Waals surface area contributed by atoms with Gasteiger partial charge in [-0.3, -0.25) is 4.79 Å². The number of hydrogen-bond donors (Lipinski definition) is 2. The summed E-state index contributed by atoms with van der Waals surface area (Å²) < 4.78 is 0. The number of carboxylic acids is 1. The number of quaternary nitrogens is 1. The fourth-order valence-corrected chi connectivity index (χ4v) is 3.92. The highest BCUT2D eigenvalue weighted by molar-refractivity contribution is 5.77. The van der Waals surface area contributed by atoms with Crippen molar-refractivity contribution in [1.29, 1.82) is 0 Å². The van der Waals surface area contributed by atoms with Gasteiger partial charge in [-0.2, -0.15) is 0 Å². The zero-order valence-corrected chi connectivity index (χ0v) is 13.5. The molecular formula is C17H26N2O3. The first-order chi connectivity index (χ1) is 10.3. The van der Waals surface area contributed by atoms with Gasteiger partial charge < -0.3 is 20.1 Å². The van der Waals surface area contributed by atoms with Crippen molar-refractivity contribution in [1.82, 2.24) is 5.32 Å². The Morgan fingerprint density at radius 2 is 2.14 bits per heavy atom. The largest absolute Gasteiger partial charge is 0.550 e. The molecule has 1 unspecified atom stereocenters. The molecule has 0 aromatic carbocycles. The SMILES string of the molecule is C#C[C@H]1C[NH+]2CC[C@H]1C[C@@H]2CNC(=O)CC(C)(C)CC(=O)[O-]. The van der Waals surface area contributed by atoms with Crippen LogP contribution in [0.3, 0.4) is 0 Å². The van der Waals surface area contributed by atoms with Crippen LogP contribution < -0.4 is 15.3 Å². The third-order valence-electron chi connectivity index (χ3n) is 5.07. The number of carboxylic acid groups (broad SMARTS) is 1. The summed E-state index contributed by atoms with van der Waals surface area (Å²) in [5.41, 5.74) is -0.573. The highest BCUT2D eigenvalue weighted by Crippen LogP contribution is 2.26. The predicted octanol–water partition coefficient (Wildman–Crippen LogP) is -1.41. The third-order valence-corrected chi connectivity index (χ3v) is 5.07. The summed E-state index contributed by atoms with van der Waals surface area (Å²) >= 11 is 0. The minimum atomic E-state index is -1.11. The van der Waals surface area contributed by atoms with Gasteiger partial charge in [-0.25, -0.2) is 0 Å². The lowest BCUT2D eigenvalue weighted by atomic mass is 9.76. The molecule has 3 fully saturated rings. The molecule has 0 aromatic heterocycles. The lowest BCUT2D eigenvalue weighted by molar-refractivity contribution is -0.943. The normalized spacial score (nSPS) is 30.6. The van der Waals surface area contributed by atoms with Gasteiger partial charge in [-0.15, -0.1) is 6.42 Å². The van der Waals surface area contributed by atoms with Crippen molar-refractivity contribution in [3.63, 3.8) is 0 Å². The van der Waals surface area contributed by atoms with Crippen molar-refractivity contribution in [2.24, 2.45) is 17.3 Å². The standard InChI is InChI=1S/C17H26N2O3/c1-4-12-11-19-6-5-13(12)7-14(19)10-18-15(20)8-17(2,3)9-16(21)22/h1,12-14H,5-11H2,2-3H3,(H,18,20)(H,21,22)/t12-,13-,14+/m0/s1. The quantitative estimate of drug-likeness (QED) is 0.592. The predicted molar refractivity (Wildman–Crippen MR) is 80.6 cm³/mol. The number of hydrogen-bond acceptors (Lipinski definition) is 3. The summed E-state index contributed by atoms with van der Waals surface area (Å²) in [5.74, 6) is 2.69. The molecule has 22 heavy (non-hydrogen) atoms. The summed E-state index contributed by atoms with van der Waals surface area (Å²) in [4.78, 5) is 24.2. The van der Waals surface area contributed by atoms with E-state index in [9.17, 15) is 14.7 Å². The number of terminal acetylenes is 1. The molecule has 2 N–H and O–H groups in total. The van der Waals surface area contributed by atoms with Gasteiger partial charge in [0.25, 0.3) is 0 Å². The topological polar surface area (TPSA) is 73.7 Å². The Morgan fingerprint density at radius 1 is 1.41 bits per heavy atom. The number of carbonyl (C=O) groups excluding carboxylic acids is 2. The van der Waals surface area contributed by atoms with Crippen LogP contribution >= 0.6 is 0 Å². The number of rotatable bonds is 6. The van der Waals surface area contributed by atoms with E-state index >= 15 is 0 Å². The number of carbonyl (C=O) groups is 2. The lowest BCUT2D eigenvalue weighted by Gasteiger charge is -2.45. The van der Waals surface area contributed by atoms with Crippen LogP contribution in [0, 0.1) is 29.6 Å². The minimum Gasteiger partial charge on any atom is -0.550 e. The van der Waals surface area contributed by atoms with Crippen LogP contribution in [0.2, 0.25) is 0 Å². The lowest BCUT2D eigenvalue weighted by Crippen LogP contribution is -3.20. The Kier molecular flexibility index (Phi) is 5.12. The number of fused-ring (bicyclic) bond motifs is 3. The average molecular weight is 306 g/mol. The molecule has 122 valence electrons. The van der Waals surface area contributed by atoms with Crippen molar-refractivity contribution in [2.45, 2.75) is 45.6 Å². The van der Waals surface area contributed by atoms with E-state index in [0.29, 0.717) is 24.4 Å². The van der Waals surface area contributed by atoms with Gasteiger partial charge in [0.05, 0.1) is 25.6 Å². The molecule has 5 nitrogen and oxygen atoms in total. The van der Waals surface area contributed by atoms with Gasteiger partial charge in [0, 0.05) is 25.2 Å². The van der Waals surface area contributed by atoms with Crippen molar-refractivity contribution >= 4 is 11.9 Å². The van der Waals surface area contributed by atoms with E-state index in [2.05, 4.69) is 11.2 Å². The Bertz CT molecular complexity index is 481. The van der Waals surface area contributed by atoms with Gasteiger partial charge >= 0.3 is 0 Å². The van der Waals surface area contributed by atoms with Crippen LogP contribution in [0.1, 0.15) is 39.5 Å². The molecule has 2 bridgehead atoms. The van der Waals surface area contributed by atoms with E-state index in [1.807, 2.05) is 0 Å². The Morgan fingerprint density at radius 3 is 2.68 bits per heavy atom. The highest BCUT2D eigenvalue weighted by atomic mass is 16.4. The van der Waals surface area contributed by atoms with E-state index in [1.165, 1.54) is 11.3 Å². The third kappa shape index (κ3) is 4.23. The van der Waals surface area contributed by atoms with Crippen molar-refractivity contribution < 1.29 is 19.6 Å². The maximum Gasteiger partial charge on any atom is 0.220 e. The number of aliphatic carboxylic acids is 1. The highest BCUT2D eigenvalue weighted by Gasteiger charge is 2.42. The van der Waals surface area contributed by atoms with Crippen LogP contribution in [0.25, 0.3) is 0 Å². The summed E-state index contributed by atoms with van der Waals surface area (Å²) in [6.45, 7) is 6.36. The molecule has 0 aliphatic carbocycles. The molecule has 0 aromatic rings. The second-order valence-electron chi connectivity index (χ2n) is 7.56. The Labute approximate surface area is 132 Å². The molecule has 3 aliphatic heterocycles. The monoisotopic (exact) mass is 306 g/mol. The molecule has 1 amide bonds. The maximum absolute atomic E-state index is 12.0. The molecule has 0 saturated carbocycles. The zero-order chi connectivity index (χ0) is 16.3. The molecule has 5 heteroatoms. The molecule has 3 rings (SSSR count). The van der Waals surface area contributed by atoms with Crippen molar-refractivity contribution in [3.05, 3.63) is 0 Å². The molecule has 0 radical (unpaired) electrons. The molecule has 3 aliphatic rings. The number of amides is 1. The van der Waals surface area contributed by atoms with Gasteiger partial charge in [0.15, 0.2) is 0 Å². The summed E-state index contributed by atoms with van der Waals surface area (Å²) in [5, 5.41) is 13.7. The molecule has 3 saturated heterocycles. The molecular weight excluding hydrogens is 280 g/mol. The van der Waals surface area contributed by atoms with Gasteiger partial charge in [-0.05, 0) is 17.8 Å². The van der Waals surface area contributed by atoms with E-state index in [4.69, 9.17) is 6.42 Å². The first kappa shape index (κ1) is 16.8. The first-order valence-electron chi connectivity index (χ1n) is 8.08. The van der Waals surface area contributed by atoms with Crippen molar-refractivity contribution in [2.75, 3.05) is 19.6 Å². The van der Waals surface area contributed by atoms with Gasteiger partial charge in [0.2, 0.25) is 5.91 Å². The second kappa shape index (κ2) is 6.70. The number of piperidine rings is 3. The summed E-state index contributed by atoms with van der Waals surface area (Å²) in [7, 11) is 0. The second-order valence-corrected chi connectivity index (χ2v) is 7.56. The minimum absolute atomic E-state index is 0.0817.